The largest absolute Gasteiger partial charge is 0.271 e. The highest BCUT2D eigenvalue weighted by Crippen LogP contribution is 2.36. The molecule has 0 bridgehead atoms. The summed E-state index contributed by atoms with van der Waals surface area (Å²) < 4.78 is 2.01. The Morgan fingerprint density at radius 3 is 2.57 bits per heavy atom. The van der Waals surface area contributed by atoms with E-state index in [2.05, 4.69) is 47.8 Å². The van der Waals surface area contributed by atoms with Crippen LogP contribution in [-0.2, 0) is 6.54 Å². The van der Waals surface area contributed by atoms with Gasteiger partial charge >= 0.3 is 0 Å². The Labute approximate surface area is 126 Å². The van der Waals surface area contributed by atoms with Gasteiger partial charge in [-0.3, -0.25) is 10.5 Å². The van der Waals surface area contributed by atoms with Crippen LogP contribution in [-0.4, -0.2) is 9.78 Å². The van der Waals surface area contributed by atoms with Crippen LogP contribution in [0.25, 0.3) is 0 Å². The quantitative estimate of drug-likeness (QED) is 0.655. The smallest absolute Gasteiger partial charge is 0.0878 e. The van der Waals surface area contributed by atoms with Crippen molar-refractivity contribution in [2.24, 2.45) is 5.84 Å². The Morgan fingerprint density at radius 1 is 1.33 bits per heavy atom. The fraction of sp³-hybridized carbons (Fsp3) is 0.471. The van der Waals surface area contributed by atoms with Crippen LogP contribution in [0.3, 0.4) is 0 Å². The van der Waals surface area contributed by atoms with Gasteiger partial charge in [0.25, 0.3) is 0 Å². The number of hydrogen-bond donors (Lipinski definition) is 2. The predicted molar refractivity (Wildman–Crippen MR) is 84.8 cm³/mol. The maximum absolute atomic E-state index is 5.81. The van der Waals surface area contributed by atoms with Crippen molar-refractivity contribution >= 4 is 0 Å². The third kappa shape index (κ3) is 2.74. The zero-order valence-corrected chi connectivity index (χ0v) is 12.8. The lowest BCUT2D eigenvalue weighted by Crippen LogP contribution is -2.30. The van der Waals surface area contributed by atoms with E-state index in [1.54, 1.807) is 0 Å². The average Bonchev–Trinajstić information content (AvgIpc) is 2.81. The molecular formula is C17H24N4. The Morgan fingerprint density at radius 2 is 2.05 bits per heavy atom. The van der Waals surface area contributed by atoms with E-state index in [4.69, 9.17) is 5.84 Å². The van der Waals surface area contributed by atoms with Crippen molar-refractivity contribution in [3.05, 3.63) is 52.8 Å². The number of aromatic nitrogens is 2. The molecule has 1 aromatic heterocycles. The lowest BCUT2D eigenvalue weighted by Gasteiger charge is -2.26. The molecule has 4 heteroatoms. The molecule has 0 saturated heterocycles. The van der Waals surface area contributed by atoms with Crippen molar-refractivity contribution < 1.29 is 0 Å². The first-order valence-electron chi connectivity index (χ1n) is 7.83. The molecule has 3 N–H and O–H groups in total. The SMILES string of the molecule is CCn1nc(C)cc1C(NN)c1ccc(C2CCC2)cc1. The topological polar surface area (TPSA) is 55.9 Å². The van der Waals surface area contributed by atoms with Crippen LogP contribution in [0.15, 0.2) is 30.3 Å². The molecule has 3 rings (SSSR count). The van der Waals surface area contributed by atoms with Crippen LogP contribution in [0.1, 0.15) is 60.7 Å². The summed E-state index contributed by atoms with van der Waals surface area (Å²) >= 11 is 0. The summed E-state index contributed by atoms with van der Waals surface area (Å²) in [5.41, 5.74) is 7.73. The van der Waals surface area contributed by atoms with Crippen LogP contribution >= 0.6 is 0 Å². The summed E-state index contributed by atoms with van der Waals surface area (Å²) in [6, 6.07) is 11.0. The van der Waals surface area contributed by atoms with E-state index in [1.807, 2.05) is 11.6 Å². The van der Waals surface area contributed by atoms with Crippen LogP contribution in [0, 0.1) is 6.92 Å². The van der Waals surface area contributed by atoms with Gasteiger partial charge in [-0.1, -0.05) is 30.7 Å². The summed E-state index contributed by atoms with van der Waals surface area (Å²) in [5.74, 6) is 6.58. The Hall–Kier alpha value is -1.65. The average molecular weight is 284 g/mol. The maximum Gasteiger partial charge on any atom is 0.0878 e. The Balaban J connectivity index is 1.88. The van der Waals surface area contributed by atoms with Crippen molar-refractivity contribution in [2.45, 2.75) is 51.6 Å². The molecule has 1 atom stereocenters. The standard InChI is InChI=1S/C17H24N4/c1-3-21-16(11-12(2)20-21)17(19-18)15-9-7-14(8-10-15)13-5-4-6-13/h7-11,13,17,19H,3-6,18H2,1-2H3. The number of rotatable bonds is 5. The highest BCUT2D eigenvalue weighted by Gasteiger charge is 2.21. The molecule has 0 aliphatic heterocycles. The molecule has 1 aromatic carbocycles. The van der Waals surface area contributed by atoms with Gasteiger partial charge in [0.05, 0.1) is 17.4 Å². The molecule has 112 valence electrons. The molecule has 1 heterocycles. The molecular weight excluding hydrogens is 260 g/mol. The van der Waals surface area contributed by atoms with E-state index in [9.17, 15) is 0 Å². The van der Waals surface area contributed by atoms with Crippen molar-refractivity contribution in [2.75, 3.05) is 0 Å². The number of nitrogens with two attached hydrogens (primary N) is 1. The van der Waals surface area contributed by atoms with E-state index >= 15 is 0 Å². The molecule has 1 saturated carbocycles. The molecule has 2 aromatic rings. The van der Waals surface area contributed by atoms with Crippen LogP contribution in [0.5, 0.6) is 0 Å². The zero-order valence-electron chi connectivity index (χ0n) is 12.8. The summed E-state index contributed by atoms with van der Waals surface area (Å²) in [4.78, 5) is 0. The van der Waals surface area contributed by atoms with Gasteiger partial charge in [-0.15, -0.1) is 0 Å². The van der Waals surface area contributed by atoms with Crippen LogP contribution in [0.2, 0.25) is 0 Å². The third-order valence-electron chi connectivity index (χ3n) is 4.54. The van der Waals surface area contributed by atoms with E-state index in [0.717, 1.165) is 23.9 Å². The number of nitrogens with zero attached hydrogens (tertiary/aromatic N) is 2. The molecule has 0 amide bonds. The number of hydrogen-bond acceptors (Lipinski definition) is 3. The zero-order chi connectivity index (χ0) is 14.8. The fourth-order valence-corrected chi connectivity index (χ4v) is 3.11. The van der Waals surface area contributed by atoms with Crippen LogP contribution < -0.4 is 11.3 Å². The number of aryl methyl sites for hydroxylation is 2. The van der Waals surface area contributed by atoms with Gasteiger partial charge < -0.3 is 0 Å². The van der Waals surface area contributed by atoms with Crippen molar-refractivity contribution in [1.82, 2.24) is 15.2 Å². The summed E-state index contributed by atoms with van der Waals surface area (Å²) in [6.07, 6.45) is 4.04. The predicted octanol–water partition coefficient (Wildman–Crippen LogP) is 3.03. The first kappa shape index (κ1) is 14.3. The summed E-state index contributed by atoms with van der Waals surface area (Å²) in [6.45, 7) is 4.97. The van der Waals surface area contributed by atoms with Gasteiger partial charge in [-0.05, 0) is 49.8 Å². The summed E-state index contributed by atoms with van der Waals surface area (Å²) in [7, 11) is 0. The molecule has 1 fully saturated rings. The summed E-state index contributed by atoms with van der Waals surface area (Å²) in [5, 5.41) is 4.51. The first-order valence-corrected chi connectivity index (χ1v) is 7.83. The highest BCUT2D eigenvalue weighted by molar-refractivity contribution is 5.33. The van der Waals surface area contributed by atoms with Gasteiger partial charge in [0.15, 0.2) is 0 Å². The second-order valence-electron chi connectivity index (χ2n) is 5.92. The molecule has 0 radical (unpaired) electrons. The lowest BCUT2D eigenvalue weighted by atomic mass is 9.80. The molecule has 1 unspecified atom stereocenters. The van der Waals surface area contributed by atoms with Gasteiger partial charge in [-0.2, -0.15) is 5.10 Å². The van der Waals surface area contributed by atoms with Crippen LogP contribution in [0.4, 0.5) is 0 Å². The van der Waals surface area contributed by atoms with Gasteiger partial charge in [-0.25, -0.2) is 5.43 Å². The molecule has 1 aliphatic carbocycles. The van der Waals surface area contributed by atoms with Crippen molar-refractivity contribution in [1.29, 1.82) is 0 Å². The lowest BCUT2D eigenvalue weighted by molar-refractivity contribution is 0.419. The van der Waals surface area contributed by atoms with Gasteiger partial charge in [0, 0.05) is 6.54 Å². The van der Waals surface area contributed by atoms with Crippen molar-refractivity contribution in [3.8, 4) is 0 Å². The highest BCUT2D eigenvalue weighted by atomic mass is 15.3. The van der Waals surface area contributed by atoms with Gasteiger partial charge in [0.1, 0.15) is 0 Å². The number of nitrogens with one attached hydrogen (secondary N) is 1. The Kier molecular flexibility index (Phi) is 4.08. The number of benzene rings is 1. The van der Waals surface area contributed by atoms with E-state index in [0.29, 0.717) is 0 Å². The number of hydrazine groups is 1. The van der Waals surface area contributed by atoms with Crippen molar-refractivity contribution in [3.63, 3.8) is 0 Å². The molecule has 0 spiro atoms. The third-order valence-corrected chi connectivity index (χ3v) is 4.54. The normalized spacial score (nSPS) is 16.7. The van der Waals surface area contributed by atoms with Gasteiger partial charge in [0.2, 0.25) is 0 Å². The fourth-order valence-electron chi connectivity index (χ4n) is 3.11. The second-order valence-corrected chi connectivity index (χ2v) is 5.92. The Bertz CT molecular complexity index is 596. The molecule has 21 heavy (non-hydrogen) atoms. The minimum absolute atomic E-state index is 0.0124. The minimum Gasteiger partial charge on any atom is -0.271 e. The second kappa shape index (κ2) is 6.00. The molecule has 4 nitrogen and oxygen atoms in total. The first-order chi connectivity index (χ1) is 10.2. The van der Waals surface area contributed by atoms with E-state index < -0.39 is 0 Å². The van der Waals surface area contributed by atoms with E-state index in [-0.39, 0.29) is 6.04 Å². The minimum atomic E-state index is -0.0124. The monoisotopic (exact) mass is 284 g/mol. The van der Waals surface area contributed by atoms with E-state index in [1.165, 1.54) is 30.4 Å². The molecule has 1 aliphatic rings. The maximum atomic E-state index is 5.81.